The van der Waals surface area contributed by atoms with Gasteiger partial charge in [0, 0.05) is 52.0 Å². The van der Waals surface area contributed by atoms with Gasteiger partial charge in [0.05, 0.1) is 11.2 Å². The highest BCUT2D eigenvalue weighted by Gasteiger charge is 2.58. The number of carbonyl (C=O) groups is 2. The van der Waals surface area contributed by atoms with Crippen molar-refractivity contribution in [2.75, 3.05) is 39.0 Å². The zero-order valence-corrected chi connectivity index (χ0v) is 18.1. The zero-order valence-electron chi connectivity index (χ0n) is 17.3. The number of aryl methyl sites for hydroxylation is 2. The molecule has 2 atom stereocenters. The number of amides is 2. The summed E-state index contributed by atoms with van der Waals surface area (Å²) in [6, 6.07) is 1.34. The Kier molecular flexibility index (Phi) is 4.97. The van der Waals surface area contributed by atoms with Crippen LogP contribution in [0.5, 0.6) is 0 Å². The van der Waals surface area contributed by atoms with E-state index in [1.807, 2.05) is 11.8 Å². The molecular formula is C19H29N5O4S. The molecule has 0 N–H and O–H groups in total. The third kappa shape index (κ3) is 3.26. The highest BCUT2D eigenvalue weighted by Crippen LogP contribution is 2.44. The smallest absolute Gasteiger partial charge is 0.274 e. The molecule has 9 nitrogen and oxygen atoms in total. The van der Waals surface area contributed by atoms with Crippen molar-refractivity contribution in [3.8, 4) is 0 Å². The molecule has 3 fully saturated rings. The Hall–Kier alpha value is -1.94. The number of hydrogen-bond acceptors (Lipinski definition) is 5. The maximum Gasteiger partial charge on any atom is 0.274 e. The van der Waals surface area contributed by atoms with Gasteiger partial charge in [0.2, 0.25) is 15.9 Å². The number of hydrogen-bond donors (Lipinski definition) is 0. The van der Waals surface area contributed by atoms with Crippen LogP contribution in [0, 0.1) is 12.3 Å². The number of piperidine rings is 1. The first kappa shape index (κ1) is 20.3. The van der Waals surface area contributed by atoms with Crippen LogP contribution in [0.25, 0.3) is 0 Å². The topological polar surface area (TPSA) is 95.8 Å². The fraction of sp³-hybridized carbons (Fsp3) is 0.737. The second-order valence-electron chi connectivity index (χ2n) is 8.56. The van der Waals surface area contributed by atoms with Crippen LogP contribution in [0.1, 0.15) is 41.9 Å². The van der Waals surface area contributed by atoms with Crippen molar-refractivity contribution >= 4 is 21.8 Å². The van der Waals surface area contributed by atoms with E-state index in [4.69, 9.17) is 0 Å². The molecule has 2 amide bonds. The summed E-state index contributed by atoms with van der Waals surface area (Å²) in [6.07, 6.45) is 2.64. The number of likely N-dealkylation sites (tertiary alicyclic amines) is 2. The van der Waals surface area contributed by atoms with Crippen molar-refractivity contribution in [2.45, 2.75) is 38.6 Å². The van der Waals surface area contributed by atoms with Crippen LogP contribution < -0.4 is 0 Å². The van der Waals surface area contributed by atoms with Gasteiger partial charge in [-0.15, -0.1) is 0 Å². The van der Waals surface area contributed by atoms with Crippen molar-refractivity contribution in [3.63, 3.8) is 0 Å². The number of sulfonamides is 1. The highest BCUT2D eigenvalue weighted by molar-refractivity contribution is 7.89. The lowest BCUT2D eigenvalue weighted by Crippen LogP contribution is -2.67. The maximum absolute atomic E-state index is 13.6. The zero-order chi connectivity index (χ0) is 21.0. The number of rotatable bonds is 2. The molecule has 3 aliphatic heterocycles. The average Bonchev–Trinajstić information content (AvgIpc) is 3.34. The predicted octanol–water partition coefficient (Wildman–Crippen LogP) is 0.217. The first-order chi connectivity index (χ1) is 13.7. The summed E-state index contributed by atoms with van der Waals surface area (Å²) in [5, 5.41) is 4.30. The SMILES string of the molecule is Cc1cc(C(=O)N2CC[C@H]3N(C)S(=O)(=O)CC[C@]3(C(=O)N3CCCC3)C2)nn1C. The van der Waals surface area contributed by atoms with E-state index < -0.39 is 21.5 Å². The van der Waals surface area contributed by atoms with Gasteiger partial charge in [-0.25, -0.2) is 12.7 Å². The Morgan fingerprint density at radius 2 is 1.83 bits per heavy atom. The third-order valence-electron chi connectivity index (χ3n) is 6.91. The van der Waals surface area contributed by atoms with Crippen LogP contribution in [0.15, 0.2) is 6.07 Å². The monoisotopic (exact) mass is 423 g/mol. The molecule has 3 saturated heterocycles. The molecule has 4 rings (SSSR count). The van der Waals surface area contributed by atoms with Crippen molar-refractivity contribution in [3.05, 3.63) is 17.5 Å². The average molecular weight is 424 g/mol. The third-order valence-corrected chi connectivity index (χ3v) is 8.76. The molecule has 160 valence electrons. The summed E-state index contributed by atoms with van der Waals surface area (Å²) in [7, 11) is -0.0122. The molecular weight excluding hydrogens is 394 g/mol. The Labute approximate surface area is 171 Å². The van der Waals surface area contributed by atoms with Gasteiger partial charge >= 0.3 is 0 Å². The molecule has 0 aliphatic carbocycles. The quantitative estimate of drug-likeness (QED) is 0.678. The molecule has 4 heterocycles. The van der Waals surface area contributed by atoms with Gasteiger partial charge in [0.15, 0.2) is 5.69 Å². The van der Waals surface area contributed by atoms with E-state index in [0.717, 1.165) is 18.5 Å². The second-order valence-corrected chi connectivity index (χ2v) is 10.7. The Balaban J connectivity index is 1.67. The molecule has 0 radical (unpaired) electrons. The maximum atomic E-state index is 13.6. The van der Waals surface area contributed by atoms with E-state index >= 15 is 0 Å². The lowest BCUT2D eigenvalue weighted by atomic mass is 9.71. The van der Waals surface area contributed by atoms with E-state index in [9.17, 15) is 18.0 Å². The Morgan fingerprint density at radius 3 is 2.45 bits per heavy atom. The molecule has 0 aromatic carbocycles. The number of carbonyl (C=O) groups excluding carboxylic acids is 2. The highest BCUT2D eigenvalue weighted by atomic mass is 32.2. The fourth-order valence-electron chi connectivity index (χ4n) is 5.06. The minimum atomic E-state index is -3.38. The lowest BCUT2D eigenvalue weighted by molar-refractivity contribution is -0.148. The number of nitrogens with zero attached hydrogens (tertiary/aromatic N) is 5. The standard InChI is InChI=1S/C19H29N5O4S/c1-14-12-15(20-21(14)2)17(25)24-10-6-16-19(13-24,7-11-29(27,28)22(16)3)18(26)23-8-4-5-9-23/h12,16H,4-11,13H2,1-3H3/t16-,19+/m1/s1. The largest absolute Gasteiger partial charge is 0.342 e. The van der Waals surface area contributed by atoms with Crippen LogP contribution in [0.3, 0.4) is 0 Å². The molecule has 29 heavy (non-hydrogen) atoms. The van der Waals surface area contributed by atoms with Crippen LogP contribution in [-0.2, 0) is 21.9 Å². The van der Waals surface area contributed by atoms with Gasteiger partial charge < -0.3 is 9.80 Å². The summed E-state index contributed by atoms with van der Waals surface area (Å²) in [5.74, 6) is -0.266. The molecule has 0 unspecified atom stereocenters. The second kappa shape index (κ2) is 7.09. The van der Waals surface area contributed by atoms with Gasteiger partial charge in [-0.05, 0) is 38.7 Å². The van der Waals surface area contributed by atoms with E-state index in [1.54, 1.807) is 29.7 Å². The Bertz CT molecular complexity index is 917. The Morgan fingerprint density at radius 1 is 1.14 bits per heavy atom. The van der Waals surface area contributed by atoms with E-state index in [2.05, 4.69) is 5.10 Å². The van der Waals surface area contributed by atoms with E-state index in [1.165, 1.54) is 4.31 Å². The molecule has 0 bridgehead atoms. The molecule has 10 heteroatoms. The predicted molar refractivity (Wildman–Crippen MR) is 107 cm³/mol. The van der Waals surface area contributed by atoms with Gasteiger partial charge in [-0.3, -0.25) is 14.3 Å². The van der Waals surface area contributed by atoms with E-state index in [0.29, 0.717) is 31.7 Å². The van der Waals surface area contributed by atoms with Gasteiger partial charge in [0.1, 0.15) is 0 Å². The summed E-state index contributed by atoms with van der Waals surface area (Å²) in [4.78, 5) is 30.3. The number of fused-ring (bicyclic) bond motifs is 1. The summed E-state index contributed by atoms with van der Waals surface area (Å²) in [5.41, 5.74) is 0.362. The lowest BCUT2D eigenvalue weighted by Gasteiger charge is -2.53. The summed E-state index contributed by atoms with van der Waals surface area (Å²) < 4.78 is 28.1. The summed E-state index contributed by atoms with van der Waals surface area (Å²) >= 11 is 0. The van der Waals surface area contributed by atoms with Gasteiger partial charge in [0.25, 0.3) is 5.91 Å². The fourth-order valence-corrected chi connectivity index (χ4v) is 6.66. The van der Waals surface area contributed by atoms with E-state index in [-0.39, 0.29) is 30.5 Å². The molecule has 1 aromatic rings. The van der Waals surface area contributed by atoms with Crippen molar-refractivity contribution in [2.24, 2.45) is 12.5 Å². The van der Waals surface area contributed by atoms with Crippen molar-refractivity contribution < 1.29 is 18.0 Å². The van der Waals surface area contributed by atoms with Crippen LogP contribution in [0.4, 0.5) is 0 Å². The first-order valence-electron chi connectivity index (χ1n) is 10.2. The minimum Gasteiger partial charge on any atom is -0.342 e. The molecule has 0 saturated carbocycles. The van der Waals surface area contributed by atoms with Gasteiger partial charge in [-0.2, -0.15) is 5.10 Å². The normalized spacial score (nSPS) is 29.7. The van der Waals surface area contributed by atoms with Gasteiger partial charge in [-0.1, -0.05) is 0 Å². The van der Waals surface area contributed by atoms with Crippen LogP contribution in [-0.4, -0.2) is 89.1 Å². The first-order valence-corrected chi connectivity index (χ1v) is 11.8. The molecule has 1 aromatic heterocycles. The van der Waals surface area contributed by atoms with Crippen molar-refractivity contribution in [1.29, 1.82) is 0 Å². The molecule has 3 aliphatic rings. The molecule has 0 spiro atoms. The van der Waals surface area contributed by atoms with Crippen LogP contribution in [0.2, 0.25) is 0 Å². The summed E-state index contributed by atoms with van der Waals surface area (Å²) in [6.45, 7) is 3.94. The number of aromatic nitrogens is 2. The minimum absolute atomic E-state index is 0.00329. The van der Waals surface area contributed by atoms with Crippen molar-refractivity contribution in [1.82, 2.24) is 23.9 Å². The van der Waals surface area contributed by atoms with Crippen LogP contribution >= 0.6 is 0 Å².